The zero-order valence-corrected chi connectivity index (χ0v) is 12.9. The predicted octanol–water partition coefficient (Wildman–Crippen LogP) is 4.84. The Morgan fingerprint density at radius 2 is 2.00 bits per heavy atom. The first-order valence-electron chi connectivity index (χ1n) is 6.20. The molecule has 0 aromatic heterocycles. The number of nitrogens with zero attached hydrogens (tertiary/aromatic N) is 1. The zero-order valence-electron chi connectivity index (χ0n) is 10.5. The molecule has 0 bridgehead atoms. The van der Waals surface area contributed by atoms with E-state index in [0.29, 0.717) is 17.5 Å². The van der Waals surface area contributed by atoms with E-state index in [1.54, 1.807) is 23.9 Å². The van der Waals surface area contributed by atoms with Crippen molar-refractivity contribution in [3.8, 4) is 0 Å². The van der Waals surface area contributed by atoms with Gasteiger partial charge in [0.15, 0.2) is 5.17 Å². The maximum Gasteiger partial charge on any atom is 0.161 e. The lowest BCUT2D eigenvalue weighted by Crippen LogP contribution is -2.07. The van der Waals surface area contributed by atoms with E-state index in [-0.39, 0.29) is 5.82 Å². The minimum atomic E-state index is -0.278. The molecule has 2 nitrogen and oxygen atoms in total. The average Bonchev–Trinajstić information content (AvgIpc) is 2.92. The van der Waals surface area contributed by atoms with E-state index in [1.165, 1.54) is 11.6 Å². The van der Waals surface area contributed by atoms with E-state index < -0.39 is 0 Å². The molecule has 2 aromatic carbocycles. The highest BCUT2D eigenvalue weighted by atomic mass is 79.9. The summed E-state index contributed by atoms with van der Waals surface area (Å²) in [7, 11) is 0. The summed E-state index contributed by atoms with van der Waals surface area (Å²) in [6.07, 6.45) is 0. The molecule has 1 aliphatic heterocycles. The first-order valence-corrected chi connectivity index (χ1v) is 7.88. The van der Waals surface area contributed by atoms with E-state index in [4.69, 9.17) is 0 Å². The molecule has 20 heavy (non-hydrogen) atoms. The highest BCUT2D eigenvalue weighted by molar-refractivity contribution is 9.10. The molecule has 1 aliphatic rings. The first-order chi connectivity index (χ1) is 9.72. The van der Waals surface area contributed by atoms with E-state index in [2.05, 4.69) is 38.4 Å². The molecule has 1 N–H and O–H groups in total. The van der Waals surface area contributed by atoms with Gasteiger partial charge in [0.05, 0.1) is 17.5 Å². The van der Waals surface area contributed by atoms with Crippen molar-refractivity contribution in [1.29, 1.82) is 0 Å². The number of rotatable bonds is 2. The standard InChI is InChI=1S/C15H12BrFN2S/c16-11-6-7-12(17)13(8-11)19-15-18-9-14(20-15)10-4-2-1-3-5-10/h1-8,14H,9H2,(H,18,19). The molecule has 0 saturated carbocycles. The van der Waals surface area contributed by atoms with Gasteiger partial charge in [-0.25, -0.2) is 4.39 Å². The molecule has 0 spiro atoms. The van der Waals surface area contributed by atoms with Crippen LogP contribution in [-0.4, -0.2) is 11.7 Å². The van der Waals surface area contributed by atoms with Crippen LogP contribution in [0.25, 0.3) is 0 Å². The van der Waals surface area contributed by atoms with Gasteiger partial charge in [0, 0.05) is 4.47 Å². The van der Waals surface area contributed by atoms with Gasteiger partial charge in [0.1, 0.15) is 5.82 Å². The van der Waals surface area contributed by atoms with E-state index >= 15 is 0 Å². The summed E-state index contributed by atoms with van der Waals surface area (Å²) < 4.78 is 14.5. The Hall–Kier alpha value is -1.33. The van der Waals surface area contributed by atoms with Gasteiger partial charge in [0.25, 0.3) is 0 Å². The molecule has 1 heterocycles. The summed E-state index contributed by atoms with van der Waals surface area (Å²) in [5.74, 6) is -0.278. The smallest absolute Gasteiger partial charge is 0.161 e. The maximum atomic E-state index is 13.7. The number of hydrogen-bond donors (Lipinski definition) is 1. The summed E-state index contributed by atoms with van der Waals surface area (Å²) in [5, 5.41) is 4.12. The second-order valence-corrected chi connectivity index (χ2v) is 6.52. The van der Waals surface area contributed by atoms with Gasteiger partial charge in [-0.15, -0.1) is 0 Å². The van der Waals surface area contributed by atoms with Crippen LogP contribution in [0.3, 0.4) is 0 Å². The largest absolute Gasteiger partial charge is 0.333 e. The molecule has 0 fully saturated rings. The van der Waals surface area contributed by atoms with Crippen LogP contribution in [0.2, 0.25) is 0 Å². The van der Waals surface area contributed by atoms with Crippen LogP contribution in [0.15, 0.2) is 58.0 Å². The van der Waals surface area contributed by atoms with Gasteiger partial charge in [-0.05, 0) is 23.8 Å². The van der Waals surface area contributed by atoms with Crippen LogP contribution in [0.4, 0.5) is 10.1 Å². The SMILES string of the molecule is Fc1ccc(Br)cc1NC1=NCC(c2ccccc2)S1. The molecule has 5 heteroatoms. The van der Waals surface area contributed by atoms with Crippen LogP contribution < -0.4 is 5.32 Å². The third kappa shape index (κ3) is 3.04. The minimum Gasteiger partial charge on any atom is -0.333 e. The number of halogens is 2. The van der Waals surface area contributed by atoms with Gasteiger partial charge >= 0.3 is 0 Å². The van der Waals surface area contributed by atoms with Crippen molar-refractivity contribution < 1.29 is 4.39 Å². The van der Waals surface area contributed by atoms with Crippen molar-refractivity contribution in [3.63, 3.8) is 0 Å². The predicted molar refractivity (Wildman–Crippen MR) is 86.8 cm³/mol. The van der Waals surface area contributed by atoms with Crippen molar-refractivity contribution in [2.75, 3.05) is 11.9 Å². The van der Waals surface area contributed by atoms with Gasteiger partial charge in [-0.2, -0.15) is 0 Å². The fourth-order valence-corrected chi connectivity index (χ4v) is 3.38. The quantitative estimate of drug-likeness (QED) is 0.837. The van der Waals surface area contributed by atoms with Crippen molar-refractivity contribution in [1.82, 2.24) is 0 Å². The molecule has 0 radical (unpaired) electrons. The average molecular weight is 351 g/mol. The van der Waals surface area contributed by atoms with Crippen molar-refractivity contribution in [2.45, 2.75) is 5.25 Å². The normalized spacial score (nSPS) is 17.9. The first kappa shape index (κ1) is 13.6. The fourth-order valence-electron chi connectivity index (χ4n) is 1.99. The zero-order chi connectivity index (χ0) is 13.9. The summed E-state index contributed by atoms with van der Waals surface area (Å²) in [4.78, 5) is 4.45. The molecule has 0 aliphatic carbocycles. The second kappa shape index (κ2) is 5.97. The lowest BCUT2D eigenvalue weighted by atomic mass is 10.1. The van der Waals surface area contributed by atoms with E-state index in [1.807, 2.05) is 18.2 Å². The molecule has 2 aromatic rings. The summed E-state index contributed by atoms with van der Waals surface area (Å²) in [5.41, 5.74) is 1.69. The van der Waals surface area contributed by atoms with Gasteiger partial charge in [-0.3, -0.25) is 4.99 Å². The van der Waals surface area contributed by atoms with Crippen molar-refractivity contribution in [3.05, 3.63) is 64.4 Å². The van der Waals surface area contributed by atoms with Gasteiger partial charge < -0.3 is 5.32 Å². The molecular weight excluding hydrogens is 339 g/mol. The number of anilines is 1. The van der Waals surface area contributed by atoms with Crippen LogP contribution in [-0.2, 0) is 0 Å². The van der Waals surface area contributed by atoms with Crippen LogP contribution in [0, 0.1) is 5.82 Å². The molecule has 0 saturated heterocycles. The second-order valence-electron chi connectivity index (χ2n) is 4.41. The van der Waals surface area contributed by atoms with Gasteiger partial charge in [0.2, 0.25) is 0 Å². The number of amidine groups is 1. The Bertz CT molecular complexity index is 646. The number of hydrogen-bond acceptors (Lipinski definition) is 3. The van der Waals surface area contributed by atoms with E-state index in [0.717, 1.165) is 9.64 Å². The van der Waals surface area contributed by atoms with Crippen LogP contribution >= 0.6 is 27.7 Å². The van der Waals surface area contributed by atoms with E-state index in [9.17, 15) is 4.39 Å². The third-order valence-corrected chi connectivity index (χ3v) is 4.65. The molecule has 0 amide bonds. The number of thioether (sulfide) groups is 1. The van der Waals surface area contributed by atoms with Crippen molar-refractivity contribution in [2.24, 2.45) is 4.99 Å². The summed E-state index contributed by atoms with van der Waals surface area (Å²) in [6.45, 7) is 0.715. The fraction of sp³-hybridized carbons (Fsp3) is 0.133. The van der Waals surface area contributed by atoms with Crippen LogP contribution in [0.5, 0.6) is 0 Å². The molecule has 1 atom stereocenters. The number of nitrogens with one attached hydrogen (secondary N) is 1. The third-order valence-electron chi connectivity index (χ3n) is 3.00. The lowest BCUT2D eigenvalue weighted by molar-refractivity contribution is 0.632. The van der Waals surface area contributed by atoms with Gasteiger partial charge in [-0.1, -0.05) is 58.0 Å². The maximum absolute atomic E-state index is 13.7. The highest BCUT2D eigenvalue weighted by Crippen LogP contribution is 2.35. The summed E-state index contributed by atoms with van der Waals surface area (Å²) in [6, 6.07) is 15.1. The monoisotopic (exact) mass is 350 g/mol. The molecule has 102 valence electrons. The topological polar surface area (TPSA) is 24.4 Å². The number of benzene rings is 2. The molecular formula is C15H12BrFN2S. The Kier molecular flexibility index (Phi) is 4.08. The Balaban J connectivity index is 1.70. The Morgan fingerprint density at radius 1 is 1.20 bits per heavy atom. The molecule has 1 unspecified atom stereocenters. The lowest BCUT2D eigenvalue weighted by Gasteiger charge is -2.10. The molecule has 3 rings (SSSR count). The highest BCUT2D eigenvalue weighted by Gasteiger charge is 2.21. The number of aliphatic imine (C=N–C) groups is 1. The minimum absolute atomic E-state index is 0.278. The summed E-state index contributed by atoms with van der Waals surface area (Å²) >= 11 is 4.97. The van der Waals surface area contributed by atoms with Crippen molar-refractivity contribution >= 4 is 38.5 Å². The van der Waals surface area contributed by atoms with Crippen LogP contribution in [0.1, 0.15) is 10.8 Å². The Labute approximate surface area is 129 Å². The Morgan fingerprint density at radius 3 is 2.80 bits per heavy atom.